The number of ether oxygens (including phenoxy) is 5. The van der Waals surface area contributed by atoms with E-state index in [-0.39, 0.29) is 139 Å². The molecule has 848 valence electrons. The van der Waals surface area contributed by atoms with E-state index in [9.17, 15) is 38.4 Å². The van der Waals surface area contributed by atoms with E-state index in [1.165, 1.54) is 38.5 Å². The molecule has 1 aromatic heterocycles. The predicted molar refractivity (Wildman–Crippen MR) is 602 cm³/mol. The summed E-state index contributed by atoms with van der Waals surface area (Å²) in [6, 6.07) is 1.89. The first-order valence-electron chi connectivity index (χ1n) is 55.8. The molecule has 0 radical (unpaired) electrons. The third-order valence-corrected chi connectivity index (χ3v) is 28.4. The van der Waals surface area contributed by atoms with Crippen molar-refractivity contribution in [3.05, 3.63) is 11.8 Å². The Morgan fingerprint density at radius 3 is 1.03 bits per heavy atom. The van der Waals surface area contributed by atoms with Crippen LogP contribution in [0.4, 0.5) is 10.6 Å². The minimum atomic E-state index is -0.341. The zero-order valence-electron chi connectivity index (χ0n) is 103. The topological polar surface area (TPSA) is 265 Å². The van der Waals surface area contributed by atoms with Crippen molar-refractivity contribution in [1.29, 1.82) is 0 Å². The quantitative estimate of drug-likeness (QED) is 0.156. The van der Waals surface area contributed by atoms with Gasteiger partial charge in [-0.1, -0.05) is 166 Å². The monoisotopic (exact) mass is 2050 g/mol. The number of nitrogens with zero attached hydrogens (tertiary/aromatic N) is 10. The summed E-state index contributed by atoms with van der Waals surface area (Å²) in [5, 5.41) is 12.8. The van der Waals surface area contributed by atoms with Crippen LogP contribution in [0.15, 0.2) is 6.07 Å². The van der Waals surface area contributed by atoms with Crippen molar-refractivity contribution in [2.24, 2.45) is 66.5 Å². The molecule has 8 fully saturated rings. The number of H-pyrrole nitrogens is 1. The molecule has 3 N–H and O–H groups in total. The normalized spacial score (nSPS) is 19.2. The third-order valence-electron chi connectivity index (χ3n) is 28.4. The highest BCUT2D eigenvalue weighted by Gasteiger charge is 2.49. The lowest BCUT2D eigenvalue weighted by molar-refractivity contribution is -0.157. The van der Waals surface area contributed by atoms with Crippen LogP contribution >= 0.6 is 0 Å². The highest BCUT2D eigenvalue weighted by molar-refractivity contribution is 5.90. The van der Waals surface area contributed by atoms with E-state index < -0.39 is 0 Å². The van der Waals surface area contributed by atoms with Gasteiger partial charge in [-0.2, -0.15) is 5.10 Å². The molecule has 0 aliphatic carbocycles. The van der Waals surface area contributed by atoms with E-state index in [0.29, 0.717) is 70.6 Å². The average molecular weight is 2050 g/mol. The summed E-state index contributed by atoms with van der Waals surface area (Å²) in [6.07, 6.45) is 15.1. The highest BCUT2D eigenvalue weighted by atomic mass is 16.6. The molecule has 8 saturated heterocycles. The summed E-state index contributed by atoms with van der Waals surface area (Å²) < 4.78 is 27.9. The lowest BCUT2D eigenvalue weighted by Gasteiger charge is -2.55. The van der Waals surface area contributed by atoms with Gasteiger partial charge in [0.25, 0.3) is 5.91 Å². The molecule has 8 aliphatic heterocycles. The Balaban J connectivity index is 0.000000563. The molecular weight excluding hydrogens is 1820 g/mol. The first-order chi connectivity index (χ1) is 65.0. The van der Waals surface area contributed by atoms with Crippen molar-refractivity contribution < 1.29 is 62.0 Å². The van der Waals surface area contributed by atoms with Crippen LogP contribution in [0.25, 0.3) is 0 Å². The molecule has 1 unspecified atom stereocenters. The second kappa shape index (κ2) is 54.8. The Kier molecular flexibility index (Phi) is 51.3. The van der Waals surface area contributed by atoms with Gasteiger partial charge in [-0.05, 0) is 337 Å². The summed E-state index contributed by atoms with van der Waals surface area (Å²) in [5.74, 6) is 3.85. The fourth-order valence-electron chi connectivity index (χ4n) is 19.0. The van der Waals surface area contributed by atoms with Crippen LogP contribution in [0.5, 0.6) is 0 Å². The molecule has 2 spiro atoms. The number of hydrogen-bond acceptors (Lipinski definition) is 17. The van der Waals surface area contributed by atoms with Crippen LogP contribution in [0, 0.1) is 66.5 Å². The number of aromatic nitrogens is 2. The van der Waals surface area contributed by atoms with Crippen molar-refractivity contribution >= 4 is 53.3 Å². The second-order valence-corrected chi connectivity index (χ2v) is 60.8. The Hall–Kier alpha value is -5.51. The van der Waals surface area contributed by atoms with Crippen LogP contribution < -0.4 is 10.6 Å². The van der Waals surface area contributed by atoms with Gasteiger partial charge < -0.3 is 63.7 Å². The van der Waals surface area contributed by atoms with Gasteiger partial charge in [0.2, 0.25) is 35.4 Å². The fourth-order valence-corrected chi connectivity index (χ4v) is 19.0. The summed E-state index contributed by atoms with van der Waals surface area (Å²) in [6.45, 7) is 122. The number of piperazine rings is 1. The van der Waals surface area contributed by atoms with Crippen LogP contribution in [0.1, 0.15) is 441 Å². The Bertz CT molecular complexity index is 3840. The van der Waals surface area contributed by atoms with Gasteiger partial charge in [0.05, 0.1) is 29.0 Å². The van der Waals surface area contributed by atoms with Gasteiger partial charge in [0.15, 0.2) is 5.82 Å². The average Bonchev–Trinajstić information content (AvgIpc) is 1.42. The van der Waals surface area contributed by atoms with Gasteiger partial charge in [-0.25, -0.2) is 4.79 Å². The number of nitrogens with one attached hydrogen (secondary N) is 3. The van der Waals surface area contributed by atoms with E-state index in [2.05, 4.69) is 248 Å². The molecule has 0 saturated carbocycles. The van der Waals surface area contributed by atoms with Crippen molar-refractivity contribution in [2.75, 3.05) is 150 Å². The smallest absolute Gasteiger partial charge is 0.409 e. The Morgan fingerprint density at radius 1 is 0.366 bits per heavy atom. The zero-order valence-corrected chi connectivity index (χ0v) is 103. The Morgan fingerprint density at radius 2 is 0.697 bits per heavy atom. The summed E-state index contributed by atoms with van der Waals surface area (Å²) in [7, 11) is 0. The molecule has 26 nitrogen and oxygen atoms in total. The summed E-state index contributed by atoms with van der Waals surface area (Å²) in [4.78, 5) is 115. The molecule has 1 atom stereocenters. The molecule has 0 bridgehead atoms. The van der Waals surface area contributed by atoms with Crippen molar-refractivity contribution in [1.82, 2.24) is 59.6 Å². The first kappa shape index (κ1) is 136. The van der Waals surface area contributed by atoms with E-state index in [1.54, 1.807) is 0 Å². The number of carbonyl (C=O) groups excluding carboxylic acids is 8. The minimum absolute atomic E-state index is 0.00413. The van der Waals surface area contributed by atoms with Gasteiger partial charge in [-0.15, -0.1) is 0 Å². The largest absolute Gasteiger partial charge is 0.449 e. The van der Waals surface area contributed by atoms with Crippen LogP contribution in [0.2, 0.25) is 0 Å². The van der Waals surface area contributed by atoms with Gasteiger partial charge in [-0.3, -0.25) is 53.4 Å². The number of anilines is 1. The molecular formula is C119H229N13O13. The molecule has 8 amide bonds. The van der Waals surface area contributed by atoms with Crippen molar-refractivity contribution in [2.45, 2.75) is 492 Å². The third kappa shape index (κ3) is 57.1. The standard InChI is InChI=1S/C18H34N2O2.C17H32N2O2.C16H31NO2.C16H31NO.C15H29NO2.C14H28N2O2.C13H23N3O.C10H21NO/c1-16(2,3)20-11-8-18(9-12-20)7-10-19(14-18)15(21)13-22-17(4,5)6;1-15(2,3)19-9-7-17(8-10-19)12-18(13-17)14(20)11-21-16(4,5)6;1-12(19-16(5,6)7)14(18)17-10-8-13(9-11-17)15(2,3)4;1-15(2,3)10-7-14(18)17-11-8-13(9-12-17)16(4,5)6;1-14(2,3)11-18-13(17)16-9-7-12(8-10-16)15(4,5)6;1-13(2,3)16-9-7-15(8-10-16)12(17)11-18-14(4,5)6;1-12(2,3)8-11(17)14-10-7-9(15-16-10)13(4,5)6;1-9(2,3)7-8(12)11-10(4,5)6/h7-14H2,1-6H3;7-13H2,1-6H3;12-13H,8-11H2,1-7H3;13H,7-12H2,1-6H3;12H,7-11H2,1-6H3;7-11H2,1-6H3;7H,8H2,1-6H3,(H2,14,15,16,17);7H2,1-6H3,(H,11,12). The van der Waals surface area contributed by atoms with Gasteiger partial charge >= 0.3 is 6.09 Å². The zero-order chi connectivity index (χ0) is 113. The van der Waals surface area contributed by atoms with E-state index >= 15 is 0 Å². The lowest BCUT2D eigenvalue weighted by Crippen LogP contribution is -2.63. The van der Waals surface area contributed by atoms with Crippen molar-refractivity contribution in [3.63, 3.8) is 0 Å². The Labute approximate surface area is 889 Å². The van der Waals surface area contributed by atoms with Crippen LogP contribution in [-0.2, 0) is 62.7 Å². The molecule has 0 aromatic carbocycles. The lowest BCUT2D eigenvalue weighted by atomic mass is 9.71. The second-order valence-electron chi connectivity index (χ2n) is 60.8. The van der Waals surface area contributed by atoms with Gasteiger partial charge in [0, 0.05) is 156 Å². The minimum Gasteiger partial charge on any atom is -0.449 e. The number of hydrogen-bond donors (Lipinski definition) is 3. The predicted octanol–water partition coefficient (Wildman–Crippen LogP) is 24.1. The summed E-state index contributed by atoms with van der Waals surface area (Å²) >= 11 is 0. The molecule has 9 heterocycles. The highest BCUT2D eigenvalue weighted by Crippen LogP contribution is 2.45. The number of rotatable bonds is 14. The van der Waals surface area contributed by atoms with E-state index in [0.717, 1.165) is 174 Å². The molecule has 9 rings (SSSR count). The number of likely N-dealkylation sites (tertiary alicyclic amines) is 7. The maximum absolute atomic E-state index is 12.3. The maximum atomic E-state index is 12.3. The number of piperidine rings is 5. The maximum Gasteiger partial charge on any atom is 0.409 e. The molecule has 145 heavy (non-hydrogen) atoms. The van der Waals surface area contributed by atoms with Crippen LogP contribution in [-0.4, -0.2) is 297 Å². The van der Waals surface area contributed by atoms with E-state index in [1.807, 2.05) is 162 Å². The molecule has 26 heteroatoms. The van der Waals surface area contributed by atoms with Crippen molar-refractivity contribution in [3.8, 4) is 0 Å². The summed E-state index contributed by atoms with van der Waals surface area (Å²) in [5.41, 5.74) is 2.85. The first-order valence-corrected chi connectivity index (χ1v) is 55.8. The number of carbonyl (C=O) groups is 8. The number of amides is 8. The number of aromatic amines is 1. The molecule has 1 aromatic rings. The fraction of sp³-hybridized carbons (Fsp3) is 0.908. The van der Waals surface area contributed by atoms with Gasteiger partial charge in [0.1, 0.15) is 25.9 Å². The SMILES string of the molecule is CC(C)(C)CC(=O)NC(C)(C)C.CC(C)(C)CC(=O)Nc1cc(C(C)(C)C)[nH]n1.CC(C)(C)CCC(=O)N1CCC(C(C)(C)C)CC1.CC(C)(C)COC(=O)N1CCC(C(C)(C)C)CC1.CC(C)(C)OCC(=O)N1CC2(CCN(C(C)(C)C)CC2)C1.CC(C)(C)OCC(=O)N1CCC2(CCN(C(C)(C)C)CC2)C1.CC(C)(C)OCC(=O)N1CCN(C(C)(C)C)CC1.CC(OC(C)(C)C)C(=O)N1CCC(C(C)(C)C)CC1. The molecule has 8 aliphatic rings. The van der Waals surface area contributed by atoms with E-state index in [4.69, 9.17) is 23.7 Å². The van der Waals surface area contributed by atoms with Crippen LogP contribution in [0.3, 0.4) is 0 Å².